The number of benzene rings is 2. The Bertz CT molecular complexity index is 1070. The predicted molar refractivity (Wildman–Crippen MR) is 114 cm³/mol. The van der Waals surface area contributed by atoms with Gasteiger partial charge in [0.05, 0.1) is 36.1 Å². The number of hydrogen-bond acceptors (Lipinski definition) is 5. The van der Waals surface area contributed by atoms with Gasteiger partial charge in [0, 0.05) is 10.7 Å². The zero-order valence-corrected chi connectivity index (χ0v) is 18.0. The first-order chi connectivity index (χ1) is 15.6. The summed E-state index contributed by atoms with van der Waals surface area (Å²) in [6.07, 6.45) is -3.23. The zero-order chi connectivity index (χ0) is 24.2. The molecule has 174 valence electrons. The fourth-order valence-electron chi connectivity index (χ4n) is 3.29. The number of ether oxygens (including phenoxy) is 1. The largest absolute Gasteiger partial charge is 0.466 e. The molecule has 0 radical (unpaired) electrons. The van der Waals surface area contributed by atoms with Crippen LogP contribution in [0.2, 0.25) is 5.02 Å². The van der Waals surface area contributed by atoms with Crippen LogP contribution in [0.1, 0.15) is 18.1 Å². The number of carbonyl (C=O) groups excluding carboxylic acids is 3. The monoisotopic (exact) mass is 481 g/mol. The third kappa shape index (κ3) is 6.10. The summed E-state index contributed by atoms with van der Waals surface area (Å²) in [5.41, 5.74) is 1.87. The highest BCUT2D eigenvalue weighted by atomic mass is 35.5. The van der Waals surface area contributed by atoms with Crippen molar-refractivity contribution in [3.63, 3.8) is 0 Å². The Balaban J connectivity index is 1.69. The van der Waals surface area contributed by atoms with Crippen LogP contribution in [0.3, 0.4) is 0 Å². The molecule has 2 aromatic carbocycles. The zero-order valence-electron chi connectivity index (χ0n) is 17.2. The van der Waals surface area contributed by atoms with E-state index in [0.717, 1.165) is 18.2 Å². The molecule has 3 rings (SSSR count). The van der Waals surface area contributed by atoms with Crippen LogP contribution < -0.4 is 10.7 Å². The van der Waals surface area contributed by atoms with Crippen LogP contribution in [-0.2, 0) is 25.3 Å². The van der Waals surface area contributed by atoms with Crippen molar-refractivity contribution in [3.05, 3.63) is 64.7 Å². The Kier molecular flexibility index (Phi) is 7.37. The van der Waals surface area contributed by atoms with Gasteiger partial charge in [-0.25, -0.2) is 5.43 Å². The van der Waals surface area contributed by atoms with Gasteiger partial charge in [-0.15, -0.1) is 0 Å². The van der Waals surface area contributed by atoms with Gasteiger partial charge in [0.25, 0.3) is 0 Å². The lowest BCUT2D eigenvalue weighted by Gasteiger charge is -2.10. The van der Waals surface area contributed by atoms with Gasteiger partial charge in [-0.05, 0) is 42.8 Å². The molecule has 0 saturated heterocycles. The smallest absolute Gasteiger partial charge is 0.416 e. The number of carbonyl (C=O) groups is 3. The third-order valence-electron chi connectivity index (χ3n) is 4.90. The van der Waals surface area contributed by atoms with E-state index in [0.29, 0.717) is 10.6 Å². The number of halogens is 4. The fraction of sp³-hybridized carbons (Fsp3) is 0.273. The maximum Gasteiger partial charge on any atom is 0.416 e. The summed E-state index contributed by atoms with van der Waals surface area (Å²) in [7, 11) is 0. The number of alkyl halides is 3. The van der Waals surface area contributed by atoms with Crippen molar-refractivity contribution >= 4 is 41.3 Å². The molecule has 2 aromatic rings. The summed E-state index contributed by atoms with van der Waals surface area (Å²) in [4.78, 5) is 37.4. The molecule has 1 fully saturated rings. The number of nitrogens with zero attached hydrogens (tertiary/aromatic N) is 1. The molecule has 11 heteroatoms. The number of rotatable bonds is 7. The number of esters is 1. The first kappa shape index (κ1) is 24.2. The molecule has 1 saturated carbocycles. The van der Waals surface area contributed by atoms with Gasteiger partial charge < -0.3 is 10.1 Å². The number of anilines is 1. The minimum atomic E-state index is -4.59. The van der Waals surface area contributed by atoms with Crippen LogP contribution in [0.25, 0.3) is 0 Å². The van der Waals surface area contributed by atoms with Crippen molar-refractivity contribution in [3.8, 4) is 0 Å². The molecular weight excluding hydrogens is 463 g/mol. The minimum absolute atomic E-state index is 0.0420. The average molecular weight is 482 g/mol. The molecule has 0 aromatic heterocycles. The van der Waals surface area contributed by atoms with Crippen molar-refractivity contribution in [2.24, 2.45) is 22.9 Å². The first-order valence-corrected chi connectivity index (χ1v) is 10.2. The van der Waals surface area contributed by atoms with E-state index in [9.17, 15) is 27.6 Å². The maximum absolute atomic E-state index is 12.9. The average Bonchev–Trinajstić information content (AvgIpc) is 3.51. The van der Waals surface area contributed by atoms with E-state index in [4.69, 9.17) is 16.3 Å². The van der Waals surface area contributed by atoms with Crippen molar-refractivity contribution in [1.29, 1.82) is 0 Å². The quantitative estimate of drug-likeness (QED) is 0.356. The highest BCUT2D eigenvalue weighted by Crippen LogP contribution is 2.48. The van der Waals surface area contributed by atoms with E-state index in [1.54, 1.807) is 31.2 Å². The van der Waals surface area contributed by atoms with Crippen LogP contribution in [0.15, 0.2) is 53.6 Å². The van der Waals surface area contributed by atoms with Gasteiger partial charge in [-0.3, -0.25) is 14.4 Å². The first-order valence-electron chi connectivity index (χ1n) is 9.85. The van der Waals surface area contributed by atoms with Gasteiger partial charge in [0.15, 0.2) is 0 Å². The molecular formula is C22H19ClF3N3O4. The summed E-state index contributed by atoms with van der Waals surface area (Å²) in [6.45, 7) is 1.61. The molecule has 1 aliphatic rings. The minimum Gasteiger partial charge on any atom is -0.466 e. The van der Waals surface area contributed by atoms with E-state index in [1.165, 1.54) is 12.3 Å². The third-order valence-corrected chi connectivity index (χ3v) is 5.15. The van der Waals surface area contributed by atoms with Crippen molar-refractivity contribution in [1.82, 2.24) is 5.43 Å². The molecule has 2 amide bonds. The standard InChI is InChI=1S/C22H19ClF3N3O4/c1-2-33-21(32)18-16(19(30)28-15-5-3-4-13(10-15)22(24,25)26)17(18)20(31)29-27-11-12-6-8-14(23)9-7-12/h3-11,16-18H,2H2,1H3,(H,28,30)(H,29,31)/b27-11+. The summed E-state index contributed by atoms with van der Waals surface area (Å²) in [5.74, 6) is -5.46. The number of nitrogens with one attached hydrogen (secondary N) is 2. The highest BCUT2D eigenvalue weighted by molar-refractivity contribution is 6.30. The normalized spacial score (nSPS) is 19.7. The second-order valence-electron chi connectivity index (χ2n) is 7.18. The van der Waals surface area contributed by atoms with E-state index in [-0.39, 0.29) is 12.3 Å². The topological polar surface area (TPSA) is 96.9 Å². The predicted octanol–water partition coefficient (Wildman–Crippen LogP) is 3.87. The maximum atomic E-state index is 12.9. The molecule has 7 nitrogen and oxygen atoms in total. The van der Waals surface area contributed by atoms with Crippen molar-refractivity contribution < 1.29 is 32.3 Å². The molecule has 3 unspecified atom stereocenters. The number of hydrazone groups is 1. The molecule has 33 heavy (non-hydrogen) atoms. The van der Waals surface area contributed by atoms with E-state index < -0.39 is 47.3 Å². The lowest BCUT2D eigenvalue weighted by atomic mass is 10.2. The number of hydrogen-bond donors (Lipinski definition) is 2. The molecule has 0 aliphatic heterocycles. The number of amides is 2. The van der Waals surface area contributed by atoms with Gasteiger partial charge in [-0.2, -0.15) is 18.3 Å². The molecule has 0 heterocycles. The lowest BCUT2D eigenvalue weighted by Crippen LogP contribution is -2.24. The van der Waals surface area contributed by atoms with Crippen molar-refractivity contribution in [2.45, 2.75) is 13.1 Å². The van der Waals surface area contributed by atoms with Crippen LogP contribution in [-0.4, -0.2) is 30.6 Å². The summed E-state index contributed by atoms with van der Waals surface area (Å²) in [6, 6.07) is 10.7. The Labute approximate surface area is 191 Å². The van der Waals surface area contributed by atoms with E-state index >= 15 is 0 Å². The van der Waals surface area contributed by atoms with Gasteiger partial charge >= 0.3 is 12.1 Å². The molecule has 0 spiro atoms. The van der Waals surface area contributed by atoms with Crippen LogP contribution >= 0.6 is 11.6 Å². The van der Waals surface area contributed by atoms with Gasteiger partial charge in [0.2, 0.25) is 11.8 Å². The van der Waals surface area contributed by atoms with Crippen LogP contribution in [0.4, 0.5) is 18.9 Å². The fourth-order valence-corrected chi connectivity index (χ4v) is 3.41. The lowest BCUT2D eigenvalue weighted by molar-refractivity contribution is -0.146. The van der Waals surface area contributed by atoms with Gasteiger partial charge in [-0.1, -0.05) is 29.8 Å². The highest BCUT2D eigenvalue weighted by Gasteiger charge is 2.63. The SMILES string of the molecule is CCOC(=O)C1C(C(=O)N/N=C/c2ccc(Cl)cc2)C1C(=O)Nc1cccc(C(F)(F)F)c1. The van der Waals surface area contributed by atoms with E-state index in [2.05, 4.69) is 15.8 Å². The Hall–Kier alpha value is -3.40. The second-order valence-corrected chi connectivity index (χ2v) is 7.62. The summed E-state index contributed by atoms with van der Waals surface area (Å²) in [5, 5.41) is 6.68. The van der Waals surface area contributed by atoms with Gasteiger partial charge in [0.1, 0.15) is 0 Å². The molecule has 2 N–H and O–H groups in total. The summed E-state index contributed by atoms with van der Waals surface area (Å²) >= 11 is 5.80. The van der Waals surface area contributed by atoms with Crippen molar-refractivity contribution in [2.75, 3.05) is 11.9 Å². The van der Waals surface area contributed by atoms with Crippen LogP contribution in [0, 0.1) is 17.8 Å². The van der Waals surface area contributed by atoms with Crippen LogP contribution in [0.5, 0.6) is 0 Å². The Morgan fingerprint density at radius 2 is 1.73 bits per heavy atom. The molecule has 1 aliphatic carbocycles. The Morgan fingerprint density at radius 3 is 2.36 bits per heavy atom. The summed E-state index contributed by atoms with van der Waals surface area (Å²) < 4.78 is 43.7. The molecule has 3 atom stereocenters. The molecule has 0 bridgehead atoms. The van der Waals surface area contributed by atoms with E-state index in [1.807, 2.05) is 0 Å². The second kappa shape index (κ2) is 10.0. The Morgan fingerprint density at radius 1 is 1.06 bits per heavy atom.